The summed E-state index contributed by atoms with van der Waals surface area (Å²) in [4.78, 5) is 24.2. The topological polar surface area (TPSA) is 58.1 Å². The summed E-state index contributed by atoms with van der Waals surface area (Å²) < 4.78 is 1.20. The quantitative estimate of drug-likeness (QED) is 0.231. The number of benzene rings is 3. The van der Waals surface area contributed by atoms with Gasteiger partial charge in [0.25, 0.3) is 5.91 Å². The molecular weight excluding hydrogens is 571 g/mol. The first-order valence-corrected chi connectivity index (χ1v) is 14.2. The van der Waals surface area contributed by atoms with Gasteiger partial charge in [0.2, 0.25) is 0 Å². The van der Waals surface area contributed by atoms with E-state index in [-0.39, 0.29) is 11.9 Å². The maximum absolute atomic E-state index is 12.9. The number of amides is 1. The molecule has 6 heteroatoms. The zero-order valence-corrected chi connectivity index (χ0v) is 23.4. The van der Waals surface area contributed by atoms with Crippen LogP contribution in [-0.4, -0.2) is 33.9 Å². The van der Waals surface area contributed by atoms with Gasteiger partial charge in [-0.05, 0) is 120 Å². The zero-order valence-electron chi connectivity index (χ0n) is 21.2. The Hall–Kier alpha value is -2.84. The fourth-order valence-electron chi connectivity index (χ4n) is 5.20. The van der Waals surface area contributed by atoms with Crippen LogP contribution in [0.4, 0.5) is 0 Å². The Labute approximate surface area is 232 Å². The summed E-state index contributed by atoms with van der Waals surface area (Å²) in [7, 11) is 0. The van der Waals surface area contributed by atoms with Gasteiger partial charge in [-0.2, -0.15) is 0 Å². The minimum atomic E-state index is -0.00932. The number of carbonyl (C=O) groups excluding carboxylic acids is 1. The molecule has 1 fully saturated rings. The molecule has 2 heterocycles. The van der Waals surface area contributed by atoms with Crippen LogP contribution in [-0.2, 0) is 13.0 Å². The number of carbonyl (C=O) groups is 1. The third-order valence-electron chi connectivity index (χ3n) is 7.37. The molecule has 0 bridgehead atoms. The maximum atomic E-state index is 12.9. The van der Waals surface area contributed by atoms with Crippen molar-refractivity contribution in [3.8, 4) is 0 Å². The first-order chi connectivity index (χ1) is 18.1. The van der Waals surface area contributed by atoms with Crippen LogP contribution in [0.2, 0.25) is 0 Å². The van der Waals surface area contributed by atoms with E-state index in [4.69, 9.17) is 0 Å². The number of nitrogens with one attached hydrogen (secondary N) is 1. The molecule has 0 unspecified atom stereocenters. The molecule has 4 aromatic rings. The van der Waals surface area contributed by atoms with Crippen LogP contribution in [0.5, 0.6) is 0 Å². The Balaban J connectivity index is 1.11. The predicted octanol–water partition coefficient (Wildman–Crippen LogP) is 6.57. The van der Waals surface area contributed by atoms with Gasteiger partial charge in [-0.15, -0.1) is 0 Å². The summed E-state index contributed by atoms with van der Waals surface area (Å²) in [6.45, 7) is 5.29. The number of piperidine rings is 1. The Morgan fingerprint density at radius 3 is 2.32 bits per heavy atom. The number of nitrogens with zero attached hydrogens (tertiary/aromatic N) is 3. The molecule has 1 saturated heterocycles. The van der Waals surface area contributed by atoms with Gasteiger partial charge in [0, 0.05) is 28.1 Å². The summed E-state index contributed by atoms with van der Waals surface area (Å²) in [6.07, 6.45) is 7.82. The SMILES string of the molecule is CC[C@@H](NC(=O)c1ccc(CC2CCN(Cc3ccc4nccnc4c3)CC2)cc1)c1ccc(I)cc1. The molecule has 1 amide bonds. The second-order valence-electron chi connectivity index (χ2n) is 9.99. The van der Waals surface area contributed by atoms with Crippen LogP contribution in [0.25, 0.3) is 11.0 Å². The lowest BCUT2D eigenvalue weighted by Crippen LogP contribution is -2.33. The Morgan fingerprint density at radius 1 is 0.946 bits per heavy atom. The van der Waals surface area contributed by atoms with E-state index in [9.17, 15) is 4.79 Å². The van der Waals surface area contributed by atoms with Gasteiger partial charge in [0.15, 0.2) is 0 Å². The Bertz CT molecular complexity index is 1330. The van der Waals surface area contributed by atoms with Crippen molar-refractivity contribution >= 4 is 39.5 Å². The van der Waals surface area contributed by atoms with Gasteiger partial charge in [-0.25, -0.2) is 0 Å². The molecule has 5 rings (SSSR count). The van der Waals surface area contributed by atoms with E-state index in [0.717, 1.165) is 54.6 Å². The molecule has 1 aliphatic heterocycles. The fraction of sp³-hybridized carbons (Fsp3) is 0.323. The number of aromatic nitrogens is 2. The molecule has 0 spiro atoms. The lowest BCUT2D eigenvalue weighted by Gasteiger charge is -2.32. The third kappa shape index (κ3) is 6.73. The predicted molar refractivity (Wildman–Crippen MR) is 157 cm³/mol. The highest BCUT2D eigenvalue weighted by Crippen LogP contribution is 2.24. The van der Waals surface area contributed by atoms with Gasteiger partial charge in [-0.3, -0.25) is 19.7 Å². The van der Waals surface area contributed by atoms with E-state index in [1.165, 1.54) is 27.5 Å². The van der Waals surface area contributed by atoms with Crippen LogP contribution in [0, 0.1) is 9.49 Å². The van der Waals surface area contributed by atoms with Crippen molar-refractivity contribution < 1.29 is 4.79 Å². The molecule has 37 heavy (non-hydrogen) atoms. The summed E-state index contributed by atoms with van der Waals surface area (Å²) in [5.74, 6) is 0.675. The first kappa shape index (κ1) is 25.8. The van der Waals surface area contributed by atoms with Crippen molar-refractivity contribution in [2.45, 2.75) is 45.2 Å². The summed E-state index contributed by atoms with van der Waals surface area (Å²) >= 11 is 2.30. The highest BCUT2D eigenvalue weighted by molar-refractivity contribution is 14.1. The summed E-state index contributed by atoms with van der Waals surface area (Å²) in [5.41, 5.74) is 6.40. The van der Waals surface area contributed by atoms with Crippen LogP contribution in [0.15, 0.2) is 79.1 Å². The smallest absolute Gasteiger partial charge is 0.251 e. The number of fused-ring (bicyclic) bond motifs is 1. The van der Waals surface area contributed by atoms with Crippen molar-refractivity contribution in [2.75, 3.05) is 13.1 Å². The van der Waals surface area contributed by atoms with E-state index >= 15 is 0 Å². The first-order valence-electron chi connectivity index (χ1n) is 13.1. The van der Waals surface area contributed by atoms with Crippen molar-refractivity contribution in [2.24, 2.45) is 5.92 Å². The minimum Gasteiger partial charge on any atom is -0.345 e. The van der Waals surface area contributed by atoms with Crippen LogP contribution in [0.1, 0.15) is 59.3 Å². The van der Waals surface area contributed by atoms with Crippen LogP contribution >= 0.6 is 22.6 Å². The number of halogens is 1. The molecule has 5 nitrogen and oxygen atoms in total. The molecule has 1 aromatic heterocycles. The second kappa shape index (κ2) is 12.1. The van der Waals surface area contributed by atoms with E-state index in [2.05, 4.69) is 104 Å². The minimum absolute atomic E-state index is 0.00932. The van der Waals surface area contributed by atoms with Gasteiger partial charge in [-0.1, -0.05) is 37.3 Å². The molecule has 1 N–H and O–H groups in total. The third-order valence-corrected chi connectivity index (χ3v) is 8.09. The average molecular weight is 605 g/mol. The largest absolute Gasteiger partial charge is 0.345 e. The molecule has 0 saturated carbocycles. The standard InChI is InChI=1S/C31H33IN4O/c1-2-28(25-8-10-27(32)11-9-25)35-31(37)26-6-3-22(4-7-26)19-23-13-17-36(18-14-23)21-24-5-12-29-30(20-24)34-16-15-33-29/h3-12,15-16,20,23,28H,2,13-14,17-19,21H2,1H3,(H,35,37)/t28-/m1/s1. The Morgan fingerprint density at radius 2 is 1.62 bits per heavy atom. The van der Waals surface area contributed by atoms with Gasteiger partial charge >= 0.3 is 0 Å². The van der Waals surface area contributed by atoms with Gasteiger partial charge in [0.05, 0.1) is 17.1 Å². The fourth-order valence-corrected chi connectivity index (χ4v) is 5.56. The molecule has 0 aliphatic carbocycles. The highest BCUT2D eigenvalue weighted by atomic mass is 127. The molecule has 190 valence electrons. The summed E-state index contributed by atoms with van der Waals surface area (Å²) in [5, 5.41) is 3.20. The molecule has 3 aromatic carbocycles. The summed E-state index contributed by atoms with van der Waals surface area (Å²) in [6, 6.07) is 23.0. The normalized spacial score (nSPS) is 15.5. The molecule has 1 atom stereocenters. The van der Waals surface area contributed by atoms with E-state index < -0.39 is 0 Å². The number of hydrogen-bond acceptors (Lipinski definition) is 4. The number of likely N-dealkylation sites (tertiary alicyclic amines) is 1. The molecule has 0 radical (unpaired) electrons. The number of rotatable bonds is 8. The average Bonchev–Trinajstić information content (AvgIpc) is 2.93. The lowest BCUT2D eigenvalue weighted by atomic mass is 9.89. The Kier molecular flexibility index (Phi) is 8.46. The maximum Gasteiger partial charge on any atom is 0.251 e. The lowest BCUT2D eigenvalue weighted by molar-refractivity contribution is 0.0935. The zero-order chi connectivity index (χ0) is 25.6. The van der Waals surface area contributed by atoms with Crippen LogP contribution < -0.4 is 5.32 Å². The van der Waals surface area contributed by atoms with Gasteiger partial charge in [0.1, 0.15) is 0 Å². The van der Waals surface area contributed by atoms with Gasteiger partial charge < -0.3 is 5.32 Å². The van der Waals surface area contributed by atoms with Crippen molar-refractivity contribution in [1.82, 2.24) is 20.2 Å². The highest BCUT2D eigenvalue weighted by Gasteiger charge is 2.20. The van der Waals surface area contributed by atoms with Crippen molar-refractivity contribution in [3.63, 3.8) is 0 Å². The van der Waals surface area contributed by atoms with Crippen molar-refractivity contribution in [3.05, 3.63) is 105 Å². The molecular formula is C31H33IN4O. The molecule has 1 aliphatic rings. The van der Waals surface area contributed by atoms with E-state index in [1.54, 1.807) is 12.4 Å². The second-order valence-corrected chi connectivity index (χ2v) is 11.2. The van der Waals surface area contributed by atoms with E-state index in [0.29, 0.717) is 5.92 Å². The monoisotopic (exact) mass is 604 g/mol. The van der Waals surface area contributed by atoms with Crippen LogP contribution in [0.3, 0.4) is 0 Å². The van der Waals surface area contributed by atoms with Crippen molar-refractivity contribution in [1.29, 1.82) is 0 Å². The number of hydrogen-bond donors (Lipinski definition) is 1. The van der Waals surface area contributed by atoms with E-state index in [1.807, 2.05) is 12.1 Å².